The summed E-state index contributed by atoms with van der Waals surface area (Å²) in [4.78, 5) is 3.60. The van der Waals surface area contributed by atoms with E-state index < -0.39 is 0 Å². The molecule has 1 heterocycles. The largest absolute Gasteiger partial charge is 0.354 e. The topological polar surface area (TPSA) is 15.8 Å². The van der Waals surface area contributed by atoms with Crippen molar-refractivity contribution in [1.82, 2.24) is 4.98 Å². The molecule has 1 heteroatoms. The van der Waals surface area contributed by atoms with Gasteiger partial charge in [0.05, 0.1) is 5.52 Å². The second-order valence-electron chi connectivity index (χ2n) is 5.34. The van der Waals surface area contributed by atoms with Gasteiger partial charge in [-0.05, 0) is 36.4 Å². The van der Waals surface area contributed by atoms with Crippen LogP contribution in [-0.2, 0) is 0 Å². The fourth-order valence-electron chi connectivity index (χ4n) is 3.17. The van der Waals surface area contributed by atoms with Gasteiger partial charge in [0.2, 0.25) is 0 Å². The molecular formula is C18H15N. The Balaban J connectivity index is 2.31. The third-order valence-electron chi connectivity index (χ3n) is 3.94. The van der Waals surface area contributed by atoms with Gasteiger partial charge in [0.15, 0.2) is 0 Å². The van der Waals surface area contributed by atoms with Gasteiger partial charge in [0.1, 0.15) is 0 Å². The molecule has 0 aliphatic carbocycles. The number of aromatic nitrogens is 1. The number of rotatable bonds is 0. The minimum Gasteiger partial charge on any atom is -0.354 e. The van der Waals surface area contributed by atoms with E-state index in [0.717, 1.165) is 0 Å². The number of nitrogens with one attached hydrogen (secondary N) is 1. The Hall–Kier alpha value is -2.28. The molecule has 0 amide bonds. The SMILES string of the molecule is Cc1cc(C)c2c(c1)[nH]c1c3ccccc3ccc12. The zero-order valence-corrected chi connectivity index (χ0v) is 11.1. The van der Waals surface area contributed by atoms with Gasteiger partial charge in [0, 0.05) is 21.7 Å². The van der Waals surface area contributed by atoms with Crippen LogP contribution in [-0.4, -0.2) is 4.98 Å². The first-order chi connectivity index (χ1) is 9.24. The highest BCUT2D eigenvalue weighted by Crippen LogP contribution is 2.33. The average molecular weight is 245 g/mol. The molecule has 92 valence electrons. The Morgan fingerprint density at radius 1 is 0.842 bits per heavy atom. The zero-order valence-electron chi connectivity index (χ0n) is 11.1. The number of aryl methyl sites for hydroxylation is 2. The molecule has 0 saturated carbocycles. The summed E-state index contributed by atoms with van der Waals surface area (Å²) in [6.07, 6.45) is 0. The van der Waals surface area contributed by atoms with E-state index in [4.69, 9.17) is 0 Å². The van der Waals surface area contributed by atoms with E-state index >= 15 is 0 Å². The van der Waals surface area contributed by atoms with Crippen molar-refractivity contribution in [3.63, 3.8) is 0 Å². The van der Waals surface area contributed by atoms with Crippen molar-refractivity contribution in [3.8, 4) is 0 Å². The molecule has 3 aromatic carbocycles. The molecule has 0 spiro atoms. The van der Waals surface area contributed by atoms with Crippen LogP contribution in [0.25, 0.3) is 32.6 Å². The summed E-state index contributed by atoms with van der Waals surface area (Å²) in [5, 5.41) is 5.27. The van der Waals surface area contributed by atoms with Crippen LogP contribution in [0.4, 0.5) is 0 Å². The van der Waals surface area contributed by atoms with E-state index in [1.807, 2.05) is 0 Å². The molecule has 0 saturated heterocycles. The number of hydrogen-bond acceptors (Lipinski definition) is 0. The van der Waals surface area contributed by atoms with Crippen molar-refractivity contribution in [2.45, 2.75) is 13.8 Å². The van der Waals surface area contributed by atoms with Gasteiger partial charge in [-0.25, -0.2) is 0 Å². The van der Waals surface area contributed by atoms with Gasteiger partial charge in [-0.1, -0.05) is 42.5 Å². The summed E-state index contributed by atoms with van der Waals surface area (Å²) in [6, 6.07) is 17.5. The van der Waals surface area contributed by atoms with Crippen LogP contribution in [0.15, 0.2) is 48.5 Å². The second kappa shape index (κ2) is 3.61. The lowest BCUT2D eigenvalue weighted by atomic mass is 10.0. The van der Waals surface area contributed by atoms with Crippen LogP contribution in [0.3, 0.4) is 0 Å². The van der Waals surface area contributed by atoms with Crippen molar-refractivity contribution >= 4 is 32.6 Å². The van der Waals surface area contributed by atoms with Gasteiger partial charge < -0.3 is 4.98 Å². The Morgan fingerprint density at radius 2 is 1.68 bits per heavy atom. The van der Waals surface area contributed by atoms with Gasteiger partial charge in [-0.15, -0.1) is 0 Å². The van der Waals surface area contributed by atoms with E-state index in [2.05, 4.69) is 67.4 Å². The Kier molecular flexibility index (Phi) is 2.02. The van der Waals surface area contributed by atoms with Gasteiger partial charge in [-0.2, -0.15) is 0 Å². The van der Waals surface area contributed by atoms with Crippen LogP contribution >= 0.6 is 0 Å². The third-order valence-corrected chi connectivity index (χ3v) is 3.94. The Morgan fingerprint density at radius 3 is 2.58 bits per heavy atom. The number of aromatic amines is 1. The average Bonchev–Trinajstić information content (AvgIpc) is 2.77. The molecule has 0 radical (unpaired) electrons. The van der Waals surface area contributed by atoms with Gasteiger partial charge in [-0.3, -0.25) is 0 Å². The molecule has 4 rings (SSSR count). The van der Waals surface area contributed by atoms with Crippen molar-refractivity contribution in [2.75, 3.05) is 0 Å². The zero-order chi connectivity index (χ0) is 13.0. The first-order valence-corrected chi connectivity index (χ1v) is 6.64. The quantitative estimate of drug-likeness (QED) is 0.444. The highest BCUT2D eigenvalue weighted by Gasteiger charge is 2.09. The van der Waals surface area contributed by atoms with Crippen molar-refractivity contribution in [2.24, 2.45) is 0 Å². The van der Waals surface area contributed by atoms with E-state index in [-0.39, 0.29) is 0 Å². The Bertz CT molecular complexity index is 929. The van der Waals surface area contributed by atoms with Crippen molar-refractivity contribution in [3.05, 3.63) is 59.7 Å². The molecule has 0 bridgehead atoms. The van der Waals surface area contributed by atoms with Gasteiger partial charge >= 0.3 is 0 Å². The van der Waals surface area contributed by atoms with E-state index in [1.54, 1.807) is 0 Å². The minimum absolute atomic E-state index is 1.24. The molecular weight excluding hydrogens is 230 g/mol. The number of fused-ring (bicyclic) bond motifs is 5. The molecule has 1 nitrogen and oxygen atoms in total. The summed E-state index contributed by atoms with van der Waals surface area (Å²) in [7, 11) is 0. The maximum absolute atomic E-state index is 3.60. The smallest absolute Gasteiger partial charge is 0.0544 e. The monoisotopic (exact) mass is 245 g/mol. The fraction of sp³-hybridized carbons (Fsp3) is 0.111. The lowest BCUT2D eigenvalue weighted by Gasteiger charge is -2.00. The van der Waals surface area contributed by atoms with E-state index in [1.165, 1.54) is 43.7 Å². The van der Waals surface area contributed by atoms with Crippen LogP contribution in [0.1, 0.15) is 11.1 Å². The molecule has 0 fully saturated rings. The second-order valence-corrected chi connectivity index (χ2v) is 5.34. The molecule has 0 aliphatic rings. The summed E-state index contributed by atoms with van der Waals surface area (Å²) < 4.78 is 0. The number of hydrogen-bond donors (Lipinski definition) is 1. The molecule has 4 aromatic rings. The lowest BCUT2D eigenvalue weighted by molar-refractivity contribution is 1.42. The molecule has 1 N–H and O–H groups in total. The third kappa shape index (κ3) is 1.42. The maximum Gasteiger partial charge on any atom is 0.0544 e. The van der Waals surface area contributed by atoms with E-state index in [0.29, 0.717) is 0 Å². The molecule has 19 heavy (non-hydrogen) atoms. The standard InChI is InChI=1S/C18H15N/c1-11-9-12(2)17-15-8-7-13-5-3-4-6-14(13)18(15)19-16(17)10-11/h3-10,19H,1-2H3. The van der Waals surface area contributed by atoms with Crippen LogP contribution in [0.5, 0.6) is 0 Å². The summed E-state index contributed by atoms with van der Waals surface area (Å²) >= 11 is 0. The molecule has 1 aromatic heterocycles. The highest BCUT2D eigenvalue weighted by atomic mass is 14.7. The molecule has 0 unspecified atom stereocenters. The first kappa shape index (κ1) is 10.6. The predicted molar refractivity (Wildman–Crippen MR) is 82.8 cm³/mol. The maximum atomic E-state index is 3.60. The summed E-state index contributed by atoms with van der Waals surface area (Å²) in [6.45, 7) is 4.34. The van der Waals surface area contributed by atoms with Crippen LogP contribution in [0.2, 0.25) is 0 Å². The normalized spacial score (nSPS) is 11.7. The van der Waals surface area contributed by atoms with Crippen LogP contribution < -0.4 is 0 Å². The van der Waals surface area contributed by atoms with Crippen molar-refractivity contribution in [1.29, 1.82) is 0 Å². The molecule has 0 aliphatic heterocycles. The lowest BCUT2D eigenvalue weighted by Crippen LogP contribution is -1.78. The van der Waals surface area contributed by atoms with Crippen LogP contribution in [0, 0.1) is 13.8 Å². The van der Waals surface area contributed by atoms with Gasteiger partial charge in [0.25, 0.3) is 0 Å². The fourth-order valence-corrected chi connectivity index (χ4v) is 3.17. The first-order valence-electron chi connectivity index (χ1n) is 6.64. The predicted octanol–water partition coefficient (Wildman–Crippen LogP) is 5.09. The van der Waals surface area contributed by atoms with E-state index in [9.17, 15) is 0 Å². The highest BCUT2D eigenvalue weighted by molar-refractivity contribution is 6.17. The molecule has 0 atom stereocenters. The minimum atomic E-state index is 1.24. The summed E-state index contributed by atoms with van der Waals surface area (Å²) in [5.41, 5.74) is 5.14. The van der Waals surface area contributed by atoms with Crippen molar-refractivity contribution < 1.29 is 0 Å². The number of benzene rings is 3. The Labute approximate surface area is 111 Å². The number of H-pyrrole nitrogens is 1. The summed E-state index contributed by atoms with van der Waals surface area (Å²) in [5.74, 6) is 0.